The van der Waals surface area contributed by atoms with Crippen LogP contribution in [0.25, 0.3) is 0 Å². The molecule has 3 N–H and O–H groups in total. The zero-order valence-electron chi connectivity index (χ0n) is 23.5. The van der Waals surface area contributed by atoms with E-state index in [4.69, 9.17) is 15.2 Å². The maximum atomic E-state index is 13.3. The zero-order valence-corrected chi connectivity index (χ0v) is 23.5. The highest BCUT2D eigenvalue weighted by molar-refractivity contribution is 5.68. The monoisotopic (exact) mass is 593 g/mol. The van der Waals surface area contributed by atoms with Crippen LogP contribution in [0.1, 0.15) is 56.9 Å². The molecule has 1 aliphatic heterocycles. The van der Waals surface area contributed by atoms with Crippen molar-refractivity contribution in [1.82, 2.24) is 9.80 Å². The lowest BCUT2D eigenvalue weighted by Crippen LogP contribution is -2.48. The average molecular weight is 594 g/mol. The summed E-state index contributed by atoms with van der Waals surface area (Å²) in [5, 5.41) is 14.1. The summed E-state index contributed by atoms with van der Waals surface area (Å²) in [5.74, 6) is 0.481. The third-order valence-electron chi connectivity index (χ3n) is 7.98. The third-order valence-corrected chi connectivity index (χ3v) is 7.98. The Morgan fingerprint density at radius 3 is 2.21 bits per heavy atom. The number of amides is 1. The van der Waals surface area contributed by atoms with Crippen LogP contribution in [0.3, 0.4) is 0 Å². The van der Waals surface area contributed by atoms with Crippen LogP contribution in [0, 0.1) is 10.1 Å². The molecule has 3 fully saturated rings. The minimum Gasteiger partial charge on any atom is -0.489 e. The van der Waals surface area contributed by atoms with Crippen molar-refractivity contribution in [2.24, 2.45) is 5.73 Å². The lowest BCUT2D eigenvalue weighted by molar-refractivity contribution is -0.388. The Morgan fingerprint density at radius 1 is 1.02 bits per heavy atom. The second-order valence-corrected chi connectivity index (χ2v) is 10.8. The second-order valence-electron chi connectivity index (χ2n) is 10.8. The summed E-state index contributed by atoms with van der Waals surface area (Å²) in [6.07, 6.45) is 6.38. The second kappa shape index (κ2) is 13.8. The molecule has 3 aliphatic rings. The van der Waals surface area contributed by atoms with Gasteiger partial charge in [-0.2, -0.15) is 13.2 Å². The number of anilines is 1. The van der Waals surface area contributed by atoms with Crippen LogP contribution >= 0.6 is 0 Å². The fourth-order valence-electron chi connectivity index (χ4n) is 5.68. The minimum atomic E-state index is -4.83. The standard InChI is InChI=1S/C29H38F3N5O5/c1-2-22(35-13-15-36(16-14-35)28(38)42-23-5-3-4-6-23)18-25(19-33)41-24-10-7-20(8-11-24)34-21-9-12-27(37(39)40)26(17-21)29(30,31)32/h2,9,12,17-20,23-24,34H,1,3-8,10-11,13-16,33H2/b22-18+,25-19+. The molecule has 42 heavy (non-hydrogen) atoms. The molecule has 13 heteroatoms. The summed E-state index contributed by atoms with van der Waals surface area (Å²) in [7, 11) is 0. The molecule has 230 valence electrons. The van der Waals surface area contributed by atoms with Gasteiger partial charge in [0.25, 0.3) is 5.69 Å². The van der Waals surface area contributed by atoms with Gasteiger partial charge in [0, 0.05) is 61.9 Å². The normalized spacial score (nSPS) is 22.5. The Balaban J connectivity index is 1.26. The molecule has 0 aromatic heterocycles. The van der Waals surface area contributed by atoms with Crippen molar-refractivity contribution in [1.29, 1.82) is 0 Å². The number of nitro groups is 1. The van der Waals surface area contributed by atoms with Gasteiger partial charge in [-0.3, -0.25) is 10.1 Å². The number of ether oxygens (including phenoxy) is 2. The van der Waals surface area contributed by atoms with E-state index in [1.807, 2.05) is 6.08 Å². The van der Waals surface area contributed by atoms with Gasteiger partial charge in [0.2, 0.25) is 0 Å². The van der Waals surface area contributed by atoms with Crippen LogP contribution in [-0.4, -0.2) is 65.2 Å². The van der Waals surface area contributed by atoms with Crippen molar-refractivity contribution >= 4 is 17.5 Å². The minimum absolute atomic E-state index is 0.0315. The van der Waals surface area contributed by atoms with Crippen molar-refractivity contribution in [2.45, 2.75) is 75.8 Å². The van der Waals surface area contributed by atoms with Crippen molar-refractivity contribution in [3.05, 3.63) is 70.3 Å². The number of nitrogens with two attached hydrogens (primary N) is 1. The number of nitrogens with one attached hydrogen (secondary N) is 1. The van der Waals surface area contributed by atoms with Crippen LogP contribution in [0.2, 0.25) is 0 Å². The molecule has 1 heterocycles. The third kappa shape index (κ3) is 8.10. The van der Waals surface area contributed by atoms with E-state index in [-0.39, 0.29) is 30.0 Å². The number of piperazine rings is 1. The maximum absolute atomic E-state index is 13.3. The van der Waals surface area contributed by atoms with Crippen molar-refractivity contribution in [3.63, 3.8) is 0 Å². The SMILES string of the molecule is C=C/C(=C\C(=C/N)OC1CCC(Nc2ccc([N+](=O)[O-])c(C(F)(F)F)c2)CC1)N1CCN(C(=O)OC2CCCC2)CC1. The smallest absolute Gasteiger partial charge is 0.423 e. The molecule has 2 aliphatic carbocycles. The van der Waals surface area contributed by atoms with E-state index in [1.54, 1.807) is 11.0 Å². The van der Waals surface area contributed by atoms with Crippen LogP contribution in [-0.2, 0) is 15.7 Å². The van der Waals surface area contributed by atoms with Crippen LogP contribution < -0.4 is 11.1 Å². The van der Waals surface area contributed by atoms with Crippen LogP contribution in [0.4, 0.5) is 29.3 Å². The summed E-state index contributed by atoms with van der Waals surface area (Å²) >= 11 is 0. The summed E-state index contributed by atoms with van der Waals surface area (Å²) in [5.41, 5.74) is 4.63. The number of nitro benzene ring substituents is 1. The Bertz CT molecular complexity index is 1180. The van der Waals surface area contributed by atoms with Crippen molar-refractivity contribution in [2.75, 3.05) is 31.5 Å². The highest BCUT2D eigenvalue weighted by Crippen LogP contribution is 2.38. The zero-order chi connectivity index (χ0) is 30.3. The van der Waals surface area contributed by atoms with Gasteiger partial charge in [-0.25, -0.2) is 4.79 Å². The molecule has 0 bridgehead atoms. The van der Waals surface area contributed by atoms with Gasteiger partial charge in [-0.15, -0.1) is 0 Å². The number of nitrogens with zero attached hydrogens (tertiary/aromatic N) is 3. The van der Waals surface area contributed by atoms with Gasteiger partial charge in [0.1, 0.15) is 17.4 Å². The predicted molar refractivity (Wildman–Crippen MR) is 151 cm³/mol. The largest absolute Gasteiger partial charge is 0.489 e. The molecule has 0 unspecified atom stereocenters. The van der Waals surface area contributed by atoms with E-state index in [0.717, 1.165) is 43.5 Å². The Morgan fingerprint density at radius 2 is 1.64 bits per heavy atom. The number of alkyl halides is 3. The van der Waals surface area contributed by atoms with Crippen LogP contribution in [0.15, 0.2) is 54.6 Å². The maximum Gasteiger partial charge on any atom is 0.423 e. The predicted octanol–water partition coefficient (Wildman–Crippen LogP) is 5.92. The Hall–Kier alpha value is -3.90. The quantitative estimate of drug-likeness (QED) is 0.157. The van der Waals surface area contributed by atoms with E-state index >= 15 is 0 Å². The van der Waals surface area contributed by atoms with E-state index in [2.05, 4.69) is 16.8 Å². The van der Waals surface area contributed by atoms with Gasteiger partial charge in [-0.05, 0) is 69.6 Å². The number of rotatable bonds is 9. The number of carbonyl (C=O) groups excluding carboxylic acids is 1. The fraction of sp³-hybridized carbons (Fsp3) is 0.552. The molecule has 4 rings (SSSR count). The molecule has 0 radical (unpaired) electrons. The average Bonchev–Trinajstić information content (AvgIpc) is 3.48. The van der Waals surface area contributed by atoms with Crippen molar-refractivity contribution < 1.29 is 32.4 Å². The summed E-state index contributed by atoms with van der Waals surface area (Å²) < 4.78 is 51.8. The first-order chi connectivity index (χ1) is 20.1. The van der Waals surface area contributed by atoms with Crippen molar-refractivity contribution in [3.8, 4) is 0 Å². The first-order valence-corrected chi connectivity index (χ1v) is 14.3. The summed E-state index contributed by atoms with van der Waals surface area (Å²) in [6.45, 7) is 6.23. The van der Waals surface area contributed by atoms with E-state index in [1.165, 1.54) is 12.3 Å². The number of allylic oxidation sites excluding steroid dienone is 2. The number of benzene rings is 1. The number of carbonyl (C=O) groups is 1. The van der Waals surface area contributed by atoms with Gasteiger partial charge in [0.05, 0.1) is 11.0 Å². The molecule has 10 nitrogen and oxygen atoms in total. The lowest BCUT2D eigenvalue weighted by Gasteiger charge is -2.36. The van der Waals surface area contributed by atoms with Gasteiger partial charge >= 0.3 is 12.3 Å². The number of hydrogen-bond acceptors (Lipinski definition) is 8. The Kier molecular flexibility index (Phi) is 10.2. The van der Waals surface area contributed by atoms with Gasteiger partial charge < -0.3 is 30.3 Å². The fourth-order valence-corrected chi connectivity index (χ4v) is 5.68. The van der Waals surface area contributed by atoms with E-state index in [0.29, 0.717) is 57.6 Å². The first kappa shape index (κ1) is 31.0. The molecule has 2 saturated carbocycles. The molecule has 0 atom stereocenters. The molecular weight excluding hydrogens is 555 g/mol. The Labute approximate surface area is 243 Å². The lowest BCUT2D eigenvalue weighted by atomic mass is 9.92. The highest BCUT2D eigenvalue weighted by atomic mass is 19.4. The van der Waals surface area contributed by atoms with Crippen LogP contribution in [0.5, 0.6) is 0 Å². The highest BCUT2D eigenvalue weighted by Gasteiger charge is 2.38. The van der Waals surface area contributed by atoms with E-state index in [9.17, 15) is 28.1 Å². The van der Waals surface area contributed by atoms with E-state index < -0.39 is 22.4 Å². The van der Waals surface area contributed by atoms with Gasteiger partial charge in [0.15, 0.2) is 0 Å². The topological polar surface area (TPSA) is 123 Å². The van der Waals surface area contributed by atoms with Gasteiger partial charge in [-0.1, -0.05) is 6.58 Å². The summed E-state index contributed by atoms with van der Waals surface area (Å²) in [4.78, 5) is 26.3. The molecule has 1 aromatic carbocycles. The number of hydrogen-bond donors (Lipinski definition) is 2. The number of halogens is 3. The summed E-state index contributed by atoms with van der Waals surface area (Å²) in [6, 6.07) is 2.86. The molecular formula is C29H38F3N5O5. The molecule has 1 amide bonds. The first-order valence-electron chi connectivity index (χ1n) is 14.3. The molecule has 1 saturated heterocycles. The molecule has 1 aromatic rings. The molecule has 0 spiro atoms.